The molecule has 33 heavy (non-hydrogen) atoms. The lowest BCUT2D eigenvalue weighted by Gasteiger charge is -2.30. The van der Waals surface area contributed by atoms with Crippen LogP contribution in [0.5, 0.6) is 17.2 Å². The molecule has 0 saturated heterocycles. The van der Waals surface area contributed by atoms with Crippen LogP contribution in [0.25, 0.3) is 0 Å². The number of amides is 1. The zero-order valence-electron chi connectivity index (χ0n) is 21.2. The molecule has 3 heterocycles. The molecular weight excluding hydrogens is 431 g/mol. The van der Waals surface area contributed by atoms with Crippen molar-refractivity contribution in [1.29, 1.82) is 0 Å². The fraction of sp³-hybridized carbons (Fsp3) is 0.273. The lowest BCUT2D eigenvalue weighted by molar-refractivity contribution is -0.129. The Labute approximate surface area is 193 Å². The van der Waals surface area contributed by atoms with E-state index in [-0.39, 0.29) is 40.8 Å². The summed E-state index contributed by atoms with van der Waals surface area (Å²) in [6, 6.07) is 6.27. The number of pyridine rings is 1. The third-order valence-corrected chi connectivity index (χ3v) is 4.81. The van der Waals surface area contributed by atoms with Crippen molar-refractivity contribution in [2.75, 3.05) is 30.1 Å². The summed E-state index contributed by atoms with van der Waals surface area (Å²) in [5.41, 5.74) is -0.102. The Hall–Kier alpha value is -4.15. The number of benzene rings is 1. The fourth-order valence-electron chi connectivity index (χ4n) is 3.13. The smallest absolute Gasteiger partial charge is 0.269 e. The van der Waals surface area contributed by atoms with Crippen molar-refractivity contribution >= 4 is 35.0 Å². The number of halogens is 1. The standard InChI is InChI=1S/C22H23FN6O4/c1-11-8-12(9-15(31-4)17(11)32-5)25-21-24-10-13(23)18(29-21)26-16-7-6-14-19(27-16)28-20(30)22(2,3)33-14/h6-10H,1-5H3,(H3,24,25,26,27,28,29,30)/i5D3. The predicted octanol–water partition coefficient (Wildman–Crippen LogP) is 3.93. The molecule has 172 valence electrons. The number of carbonyl (C=O) groups is 1. The summed E-state index contributed by atoms with van der Waals surface area (Å²) < 4.78 is 52.4. The molecular formula is C22H23FN6O4. The van der Waals surface area contributed by atoms with Crippen molar-refractivity contribution in [3.63, 3.8) is 0 Å². The molecule has 1 aromatic carbocycles. The third-order valence-electron chi connectivity index (χ3n) is 4.81. The summed E-state index contributed by atoms with van der Waals surface area (Å²) in [5.74, 6) is -0.190. The van der Waals surface area contributed by atoms with Gasteiger partial charge in [-0.15, -0.1) is 0 Å². The third kappa shape index (κ3) is 4.43. The van der Waals surface area contributed by atoms with Gasteiger partial charge in [0.15, 0.2) is 40.3 Å². The van der Waals surface area contributed by atoms with Gasteiger partial charge in [-0.2, -0.15) is 4.98 Å². The van der Waals surface area contributed by atoms with E-state index >= 15 is 0 Å². The Morgan fingerprint density at radius 1 is 1.21 bits per heavy atom. The summed E-state index contributed by atoms with van der Waals surface area (Å²) in [7, 11) is -1.27. The van der Waals surface area contributed by atoms with Crippen LogP contribution in [-0.4, -0.2) is 40.6 Å². The van der Waals surface area contributed by atoms with Crippen LogP contribution >= 0.6 is 0 Å². The summed E-state index contributed by atoms with van der Waals surface area (Å²) >= 11 is 0. The summed E-state index contributed by atoms with van der Waals surface area (Å²) in [5, 5.41) is 8.35. The van der Waals surface area contributed by atoms with Crippen LogP contribution in [0.4, 0.5) is 33.5 Å². The number of fused-ring (bicyclic) bond motifs is 1. The van der Waals surface area contributed by atoms with Gasteiger partial charge in [0, 0.05) is 11.8 Å². The van der Waals surface area contributed by atoms with E-state index in [0.717, 1.165) is 6.20 Å². The summed E-state index contributed by atoms with van der Waals surface area (Å²) in [6.45, 7) is 4.92. The Morgan fingerprint density at radius 2 is 2.03 bits per heavy atom. The lowest BCUT2D eigenvalue weighted by atomic mass is 10.1. The van der Waals surface area contributed by atoms with Gasteiger partial charge in [0.05, 0.1) is 24.5 Å². The minimum Gasteiger partial charge on any atom is -0.493 e. The number of ether oxygens (including phenoxy) is 3. The Kier molecular flexibility index (Phi) is 4.70. The monoisotopic (exact) mass is 457 g/mol. The molecule has 0 atom stereocenters. The lowest BCUT2D eigenvalue weighted by Crippen LogP contribution is -2.46. The molecule has 11 heteroatoms. The number of hydrogen-bond donors (Lipinski definition) is 3. The number of hydrogen-bond acceptors (Lipinski definition) is 9. The van der Waals surface area contributed by atoms with Crippen LogP contribution < -0.4 is 30.2 Å². The van der Waals surface area contributed by atoms with E-state index in [1.807, 2.05) is 0 Å². The second kappa shape index (κ2) is 8.41. The molecule has 3 N–H and O–H groups in total. The van der Waals surface area contributed by atoms with E-state index in [0.29, 0.717) is 17.0 Å². The predicted molar refractivity (Wildman–Crippen MR) is 120 cm³/mol. The first kappa shape index (κ1) is 18.4. The number of nitrogens with one attached hydrogen (secondary N) is 3. The first-order chi connectivity index (χ1) is 16.8. The maximum absolute atomic E-state index is 14.5. The fourth-order valence-corrected chi connectivity index (χ4v) is 3.13. The van der Waals surface area contributed by atoms with Crippen molar-refractivity contribution in [3.05, 3.63) is 41.8 Å². The number of aryl methyl sites for hydroxylation is 1. The molecule has 0 radical (unpaired) electrons. The van der Waals surface area contributed by atoms with Gasteiger partial charge in [-0.25, -0.2) is 14.4 Å². The molecule has 0 saturated carbocycles. The van der Waals surface area contributed by atoms with Gasteiger partial charge >= 0.3 is 0 Å². The van der Waals surface area contributed by atoms with Crippen molar-refractivity contribution in [3.8, 4) is 17.2 Å². The van der Waals surface area contributed by atoms with Crippen LogP contribution in [0, 0.1) is 12.7 Å². The van der Waals surface area contributed by atoms with Crippen LogP contribution in [0.1, 0.15) is 23.5 Å². The van der Waals surface area contributed by atoms with Crippen molar-refractivity contribution in [2.24, 2.45) is 0 Å². The minimum atomic E-state index is -2.65. The highest BCUT2D eigenvalue weighted by Crippen LogP contribution is 2.35. The number of rotatable bonds is 6. The van der Waals surface area contributed by atoms with Crippen LogP contribution in [-0.2, 0) is 4.79 Å². The molecule has 2 aromatic heterocycles. The van der Waals surface area contributed by atoms with E-state index in [1.54, 1.807) is 39.0 Å². The van der Waals surface area contributed by atoms with Crippen molar-refractivity contribution in [1.82, 2.24) is 15.0 Å². The molecule has 0 spiro atoms. The van der Waals surface area contributed by atoms with Gasteiger partial charge in [-0.1, -0.05) is 0 Å². The second-order valence-corrected chi connectivity index (χ2v) is 7.68. The van der Waals surface area contributed by atoms with E-state index in [1.165, 1.54) is 13.2 Å². The maximum atomic E-state index is 14.5. The molecule has 0 bridgehead atoms. The van der Waals surface area contributed by atoms with Gasteiger partial charge in [0.25, 0.3) is 5.91 Å². The number of carbonyl (C=O) groups excluding carboxylic acids is 1. The van der Waals surface area contributed by atoms with E-state index in [4.69, 9.17) is 18.3 Å². The normalized spacial score (nSPS) is 15.7. The number of anilines is 5. The van der Waals surface area contributed by atoms with Gasteiger partial charge < -0.3 is 30.2 Å². The zero-order valence-corrected chi connectivity index (χ0v) is 18.2. The summed E-state index contributed by atoms with van der Waals surface area (Å²) in [6.07, 6.45) is 0.972. The second-order valence-electron chi connectivity index (χ2n) is 7.68. The molecule has 1 aliphatic rings. The first-order valence-electron chi connectivity index (χ1n) is 11.3. The molecule has 1 aliphatic heterocycles. The van der Waals surface area contributed by atoms with E-state index in [9.17, 15) is 9.18 Å². The average molecular weight is 457 g/mol. The molecule has 3 aromatic rings. The molecule has 0 fully saturated rings. The van der Waals surface area contributed by atoms with E-state index < -0.39 is 18.5 Å². The topological polar surface area (TPSA) is 120 Å². The number of aromatic nitrogens is 3. The highest BCUT2D eigenvalue weighted by atomic mass is 19.1. The molecule has 1 amide bonds. The van der Waals surface area contributed by atoms with Crippen LogP contribution in [0.2, 0.25) is 0 Å². The maximum Gasteiger partial charge on any atom is 0.269 e. The number of nitrogens with zero attached hydrogens (tertiary/aromatic N) is 3. The molecule has 4 rings (SSSR count). The highest BCUT2D eigenvalue weighted by Gasteiger charge is 2.36. The van der Waals surface area contributed by atoms with Gasteiger partial charge in [-0.05, 0) is 44.5 Å². The molecule has 10 nitrogen and oxygen atoms in total. The first-order valence-corrected chi connectivity index (χ1v) is 9.80. The zero-order chi connectivity index (χ0) is 26.3. The largest absolute Gasteiger partial charge is 0.493 e. The molecule has 0 aliphatic carbocycles. The quantitative estimate of drug-likeness (QED) is 0.506. The van der Waals surface area contributed by atoms with Crippen LogP contribution in [0.15, 0.2) is 30.5 Å². The SMILES string of the molecule is [2H]C([2H])([2H])Oc1c(C)cc(Nc2ncc(F)c(Nc3ccc4c(n3)NC(=O)C(C)(C)O4)n2)cc1OC. The highest BCUT2D eigenvalue weighted by molar-refractivity contribution is 5.99. The van der Waals surface area contributed by atoms with Gasteiger partial charge in [0.1, 0.15) is 5.82 Å². The summed E-state index contributed by atoms with van der Waals surface area (Å²) in [4.78, 5) is 24.5. The van der Waals surface area contributed by atoms with Crippen molar-refractivity contribution in [2.45, 2.75) is 26.4 Å². The minimum absolute atomic E-state index is 0.0428. The van der Waals surface area contributed by atoms with Crippen molar-refractivity contribution < 1.29 is 27.5 Å². The Balaban J connectivity index is 1.56. The average Bonchev–Trinajstić information content (AvgIpc) is 2.78. The molecule has 0 unspecified atom stereocenters. The number of methoxy groups -OCH3 is 2. The van der Waals surface area contributed by atoms with Crippen LogP contribution in [0.3, 0.4) is 0 Å². The Bertz CT molecular complexity index is 1340. The van der Waals surface area contributed by atoms with E-state index in [2.05, 4.69) is 30.9 Å². The van der Waals surface area contributed by atoms with Gasteiger partial charge in [-0.3, -0.25) is 4.79 Å². The Morgan fingerprint density at radius 3 is 2.79 bits per heavy atom. The van der Waals surface area contributed by atoms with Gasteiger partial charge in [0.2, 0.25) is 5.95 Å².